The highest BCUT2D eigenvalue weighted by molar-refractivity contribution is 5.89. The minimum Gasteiger partial charge on any atom is -0.443 e. The summed E-state index contributed by atoms with van der Waals surface area (Å²) in [6.45, 7) is 3.95. The standard InChI is InChI=1S/C23H14N4O/c1-14-5-6-18-10-19(16-7-8-20-21(11-16)28-13-25-20)22(27-23(18)26-14)17-4-2-3-15(9-17)12-24/h2-11,13H,1H2,(H,26,27). The Balaban J connectivity index is 1.78. The number of fused-ring (bicyclic) bond motifs is 2. The molecule has 0 bridgehead atoms. The van der Waals surface area contributed by atoms with Gasteiger partial charge in [-0.15, -0.1) is 0 Å². The molecular weight excluding hydrogens is 348 g/mol. The fourth-order valence-corrected chi connectivity index (χ4v) is 3.34. The number of nitrogens with one attached hydrogen (secondary N) is 1. The van der Waals surface area contributed by atoms with Crippen LogP contribution in [0.1, 0.15) is 11.1 Å². The minimum absolute atomic E-state index is 0.589. The third-order valence-corrected chi connectivity index (χ3v) is 4.70. The van der Waals surface area contributed by atoms with Crippen LogP contribution in [-0.4, -0.2) is 9.97 Å². The predicted octanol–water partition coefficient (Wildman–Crippen LogP) is 5.38. The molecule has 2 aromatic carbocycles. The number of oxazole rings is 1. The van der Waals surface area contributed by atoms with E-state index in [-0.39, 0.29) is 0 Å². The first-order valence-electron chi connectivity index (χ1n) is 8.74. The molecule has 0 atom stereocenters. The van der Waals surface area contributed by atoms with Gasteiger partial charge in [-0.3, -0.25) is 0 Å². The van der Waals surface area contributed by atoms with E-state index in [0.717, 1.165) is 45.0 Å². The number of anilines is 1. The monoisotopic (exact) mass is 362 g/mol. The van der Waals surface area contributed by atoms with E-state index >= 15 is 0 Å². The van der Waals surface area contributed by atoms with E-state index in [9.17, 15) is 5.26 Å². The second kappa shape index (κ2) is 6.22. The molecule has 0 saturated carbocycles. The highest BCUT2D eigenvalue weighted by Gasteiger charge is 2.17. The lowest BCUT2D eigenvalue weighted by molar-refractivity contribution is 0.602. The van der Waals surface area contributed by atoms with Gasteiger partial charge in [0.1, 0.15) is 11.3 Å². The summed E-state index contributed by atoms with van der Waals surface area (Å²) in [5.74, 6) is 0.745. The molecule has 0 aliphatic carbocycles. The Kier molecular flexibility index (Phi) is 3.56. The zero-order chi connectivity index (χ0) is 19.1. The van der Waals surface area contributed by atoms with Crippen molar-refractivity contribution in [2.24, 2.45) is 0 Å². The number of hydrogen-bond acceptors (Lipinski definition) is 5. The van der Waals surface area contributed by atoms with Gasteiger partial charge in [-0.05, 0) is 48.0 Å². The summed E-state index contributed by atoms with van der Waals surface area (Å²) >= 11 is 0. The van der Waals surface area contributed by atoms with Gasteiger partial charge in [0.2, 0.25) is 0 Å². The maximum atomic E-state index is 9.29. The van der Waals surface area contributed by atoms with Crippen LogP contribution in [0.2, 0.25) is 0 Å². The fourth-order valence-electron chi connectivity index (χ4n) is 3.34. The second-order valence-electron chi connectivity index (χ2n) is 6.53. The summed E-state index contributed by atoms with van der Waals surface area (Å²) in [5, 5.41) is 12.5. The van der Waals surface area contributed by atoms with Gasteiger partial charge in [-0.25, -0.2) is 9.97 Å². The SMILES string of the molecule is C=C1C=Cc2cc(-c3ccc4ncoc4c3)c(-c3cccc(C#N)c3)nc2N1. The van der Waals surface area contributed by atoms with Crippen LogP contribution >= 0.6 is 0 Å². The summed E-state index contributed by atoms with van der Waals surface area (Å²) in [6, 6.07) is 17.6. The highest BCUT2D eigenvalue weighted by Crippen LogP contribution is 2.37. The van der Waals surface area contributed by atoms with Crippen molar-refractivity contribution in [3.63, 3.8) is 0 Å². The molecule has 0 radical (unpaired) electrons. The highest BCUT2D eigenvalue weighted by atomic mass is 16.3. The first kappa shape index (κ1) is 16.0. The quantitative estimate of drug-likeness (QED) is 0.518. The largest absolute Gasteiger partial charge is 0.443 e. The molecule has 0 saturated heterocycles. The normalized spacial score (nSPS) is 12.5. The van der Waals surface area contributed by atoms with Crippen LogP contribution in [0.25, 0.3) is 39.6 Å². The van der Waals surface area contributed by atoms with E-state index in [1.54, 1.807) is 6.07 Å². The summed E-state index contributed by atoms with van der Waals surface area (Å²) in [7, 11) is 0. The third kappa shape index (κ3) is 2.65. The van der Waals surface area contributed by atoms with Gasteiger partial charge >= 0.3 is 0 Å². The van der Waals surface area contributed by atoms with Crippen LogP contribution < -0.4 is 5.32 Å². The topological polar surface area (TPSA) is 74.7 Å². The van der Waals surface area contributed by atoms with Crippen LogP contribution in [0.4, 0.5) is 5.82 Å². The molecule has 28 heavy (non-hydrogen) atoms. The Morgan fingerprint density at radius 2 is 1.96 bits per heavy atom. The Morgan fingerprint density at radius 3 is 2.86 bits per heavy atom. The molecule has 5 nitrogen and oxygen atoms in total. The summed E-state index contributed by atoms with van der Waals surface area (Å²) in [6.07, 6.45) is 5.35. The van der Waals surface area contributed by atoms with Gasteiger partial charge in [0.15, 0.2) is 12.0 Å². The Hall–Kier alpha value is -4.17. The van der Waals surface area contributed by atoms with Gasteiger partial charge in [-0.2, -0.15) is 5.26 Å². The van der Waals surface area contributed by atoms with E-state index in [1.807, 2.05) is 48.6 Å². The van der Waals surface area contributed by atoms with Gasteiger partial charge in [-0.1, -0.05) is 24.8 Å². The molecule has 1 aliphatic heterocycles. The Labute approximate surface area is 161 Å². The van der Waals surface area contributed by atoms with E-state index in [0.29, 0.717) is 11.1 Å². The number of pyridine rings is 1. The van der Waals surface area contributed by atoms with E-state index in [2.05, 4.69) is 29.0 Å². The molecule has 5 rings (SSSR count). The van der Waals surface area contributed by atoms with Crippen LogP contribution in [-0.2, 0) is 0 Å². The minimum atomic E-state index is 0.589. The van der Waals surface area contributed by atoms with Crippen molar-refractivity contribution in [2.75, 3.05) is 5.32 Å². The average molecular weight is 362 g/mol. The van der Waals surface area contributed by atoms with Crippen molar-refractivity contribution < 1.29 is 4.42 Å². The van der Waals surface area contributed by atoms with Gasteiger partial charge in [0.25, 0.3) is 0 Å². The van der Waals surface area contributed by atoms with Gasteiger partial charge in [0.05, 0.1) is 17.3 Å². The van der Waals surface area contributed by atoms with Crippen LogP contribution in [0.3, 0.4) is 0 Å². The number of nitrogens with zero attached hydrogens (tertiary/aromatic N) is 3. The van der Waals surface area contributed by atoms with Crippen molar-refractivity contribution in [3.05, 3.63) is 84.4 Å². The van der Waals surface area contributed by atoms with E-state index in [4.69, 9.17) is 9.40 Å². The molecule has 0 unspecified atom stereocenters. The maximum absolute atomic E-state index is 9.29. The van der Waals surface area contributed by atoms with Crippen LogP contribution in [0.15, 0.2) is 77.7 Å². The van der Waals surface area contributed by atoms with Crippen LogP contribution in [0, 0.1) is 11.3 Å². The number of hydrogen-bond donors (Lipinski definition) is 1. The van der Waals surface area contributed by atoms with Crippen molar-refractivity contribution in [1.29, 1.82) is 5.26 Å². The molecule has 3 heterocycles. The second-order valence-corrected chi connectivity index (χ2v) is 6.53. The van der Waals surface area contributed by atoms with E-state index < -0.39 is 0 Å². The number of rotatable bonds is 2. The predicted molar refractivity (Wildman–Crippen MR) is 109 cm³/mol. The molecule has 0 fully saturated rings. The third-order valence-electron chi connectivity index (χ3n) is 4.70. The smallest absolute Gasteiger partial charge is 0.181 e. The molecule has 2 aromatic heterocycles. The molecular formula is C23H14N4O. The number of nitriles is 1. The zero-order valence-electron chi connectivity index (χ0n) is 14.8. The number of benzene rings is 2. The first-order chi connectivity index (χ1) is 13.7. The van der Waals surface area contributed by atoms with Crippen LogP contribution in [0.5, 0.6) is 0 Å². The molecule has 4 aromatic rings. The molecule has 0 amide bonds. The van der Waals surface area contributed by atoms with Crippen molar-refractivity contribution in [1.82, 2.24) is 9.97 Å². The van der Waals surface area contributed by atoms with Gasteiger partial charge in [0, 0.05) is 22.4 Å². The molecule has 1 aliphatic rings. The summed E-state index contributed by atoms with van der Waals surface area (Å²) in [5.41, 5.74) is 7.44. The first-order valence-corrected chi connectivity index (χ1v) is 8.74. The fraction of sp³-hybridized carbons (Fsp3) is 0. The number of allylic oxidation sites excluding steroid dienone is 1. The zero-order valence-corrected chi connectivity index (χ0v) is 14.8. The number of aromatic nitrogens is 2. The van der Waals surface area contributed by atoms with Gasteiger partial charge < -0.3 is 9.73 Å². The molecule has 5 heteroatoms. The van der Waals surface area contributed by atoms with Crippen molar-refractivity contribution in [2.45, 2.75) is 0 Å². The lowest BCUT2D eigenvalue weighted by atomic mass is 9.95. The molecule has 132 valence electrons. The Bertz CT molecular complexity index is 1320. The molecule has 1 N–H and O–H groups in total. The summed E-state index contributed by atoms with van der Waals surface area (Å²) in [4.78, 5) is 9.06. The Morgan fingerprint density at radius 1 is 1.04 bits per heavy atom. The summed E-state index contributed by atoms with van der Waals surface area (Å²) < 4.78 is 5.48. The maximum Gasteiger partial charge on any atom is 0.181 e. The lowest BCUT2D eigenvalue weighted by Crippen LogP contribution is -2.06. The van der Waals surface area contributed by atoms with Crippen molar-refractivity contribution in [3.8, 4) is 28.5 Å². The lowest BCUT2D eigenvalue weighted by Gasteiger charge is -2.18. The average Bonchev–Trinajstić information content (AvgIpc) is 3.20. The van der Waals surface area contributed by atoms with E-state index in [1.165, 1.54) is 6.39 Å². The van der Waals surface area contributed by atoms with Crippen molar-refractivity contribution >= 4 is 23.0 Å². The molecule has 0 spiro atoms.